The van der Waals surface area contributed by atoms with E-state index in [0.29, 0.717) is 25.1 Å². The van der Waals surface area contributed by atoms with Crippen LogP contribution in [0.15, 0.2) is 12.1 Å². The normalized spacial score (nSPS) is 22.5. The Morgan fingerprint density at radius 1 is 1.37 bits per heavy atom. The Balaban J connectivity index is 2.23. The summed E-state index contributed by atoms with van der Waals surface area (Å²) in [6.45, 7) is 0.390. The third kappa shape index (κ3) is 2.81. The molecule has 0 radical (unpaired) electrons. The Labute approximate surface area is 108 Å². The van der Waals surface area contributed by atoms with Gasteiger partial charge in [-0.3, -0.25) is 10.1 Å². The molecule has 1 saturated carbocycles. The zero-order chi connectivity index (χ0) is 14.0. The SMILES string of the molecule is NCC1CCCC1Oc1c(F)cc([N+](=O)[O-])cc1F. The molecular weight excluding hydrogens is 258 g/mol. The second-order valence-electron chi connectivity index (χ2n) is 4.58. The molecule has 1 aromatic rings. The van der Waals surface area contributed by atoms with Crippen LogP contribution in [-0.2, 0) is 0 Å². The van der Waals surface area contributed by atoms with Gasteiger partial charge in [0.2, 0.25) is 0 Å². The number of nitrogens with two attached hydrogens (primary N) is 1. The van der Waals surface area contributed by atoms with Crippen molar-refractivity contribution < 1.29 is 18.4 Å². The quantitative estimate of drug-likeness (QED) is 0.674. The van der Waals surface area contributed by atoms with Crippen LogP contribution in [0.3, 0.4) is 0 Å². The van der Waals surface area contributed by atoms with Crippen LogP contribution in [0.1, 0.15) is 19.3 Å². The number of nitrogens with zero attached hydrogens (tertiary/aromatic N) is 1. The van der Waals surface area contributed by atoms with Crippen LogP contribution in [0.2, 0.25) is 0 Å². The van der Waals surface area contributed by atoms with Crippen LogP contribution in [0, 0.1) is 27.7 Å². The molecule has 0 saturated heterocycles. The lowest BCUT2D eigenvalue weighted by atomic mass is 10.1. The largest absolute Gasteiger partial charge is 0.484 e. The summed E-state index contributed by atoms with van der Waals surface area (Å²) < 4.78 is 32.6. The lowest BCUT2D eigenvalue weighted by molar-refractivity contribution is -0.385. The minimum Gasteiger partial charge on any atom is -0.484 e. The average Bonchev–Trinajstić information content (AvgIpc) is 2.80. The molecule has 0 bridgehead atoms. The fraction of sp³-hybridized carbons (Fsp3) is 0.500. The van der Waals surface area contributed by atoms with E-state index in [0.717, 1.165) is 12.8 Å². The van der Waals surface area contributed by atoms with E-state index >= 15 is 0 Å². The first kappa shape index (κ1) is 13.7. The van der Waals surface area contributed by atoms with Crippen molar-refractivity contribution in [2.24, 2.45) is 11.7 Å². The van der Waals surface area contributed by atoms with Crippen LogP contribution in [0.5, 0.6) is 5.75 Å². The number of nitro benzene ring substituents is 1. The molecule has 0 spiro atoms. The van der Waals surface area contributed by atoms with E-state index in [1.807, 2.05) is 0 Å². The number of hydrogen-bond donors (Lipinski definition) is 1. The molecule has 2 N–H and O–H groups in total. The molecule has 2 atom stereocenters. The molecule has 0 amide bonds. The molecule has 19 heavy (non-hydrogen) atoms. The van der Waals surface area contributed by atoms with Gasteiger partial charge in [0.15, 0.2) is 17.4 Å². The molecule has 7 heteroatoms. The van der Waals surface area contributed by atoms with Gasteiger partial charge in [-0.2, -0.15) is 0 Å². The Morgan fingerprint density at radius 3 is 2.53 bits per heavy atom. The highest BCUT2D eigenvalue weighted by molar-refractivity contribution is 5.39. The lowest BCUT2D eigenvalue weighted by Crippen LogP contribution is -2.28. The highest BCUT2D eigenvalue weighted by atomic mass is 19.1. The van der Waals surface area contributed by atoms with E-state index in [1.54, 1.807) is 0 Å². The van der Waals surface area contributed by atoms with Crippen LogP contribution in [0.25, 0.3) is 0 Å². The molecule has 2 unspecified atom stereocenters. The van der Waals surface area contributed by atoms with Crippen LogP contribution in [0.4, 0.5) is 14.5 Å². The zero-order valence-electron chi connectivity index (χ0n) is 10.1. The predicted molar refractivity (Wildman–Crippen MR) is 63.8 cm³/mol. The third-order valence-electron chi connectivity index (χ3n) is 3.36. The summed E-state index contributed by atoms with van der Waals surface area (Å²) in [6, 6.07) is 1.32. The highest BCUT2D eigenvalue weighted by Gasteiger charge is 2.30. The second kappa shape index (κ2) is 5.48. The number of nitro groups is 1. The minimum atomic E-state index is -1.06. The fourth-order valence-electron chi connectivity index (χ4n) is 2.34. The Morgan fingerprint density at radius 2 is 2.00 bits per heavy atom. The van der Waals surface area contributed by atoms with Crippen molar-refractivity contribution in [3.63, 3.8) is 0 Å². The predicted octanol–water partition coefficient (Wildman–Crippen LogP) is 2.38. The average molecular weight is 272 g/mol. The Kier molecular flexibility index (Phi) is 3.94. The van der Waals surface area contributed by atoms with Gasteiger partial charge in [-0.05, 0) is 25.8 Å². The summed E-state index contributed by atoms with van der Waals surface area (Å²) in [6.07, 6.45) is 2.09. The molecule has 0 aromatic heterocycles. The Hall–Kier alpha value is -1.76. The molecule has 0 heterocycles. The van der Waals surface area contributed by atoms with Gasteiger partial charge >= 0.3 is 0 Å². The zero-order valence-corrected chi connectivity index (χ0v) is 10.1. The molecule has 1 aliphatic rings. The number of hydrogen-bond acceptors (Lipinski definition) is 4. The molecular formula is C12H14F2N2O3. The van der Waals surface area contributed by atoms with Gasteiger partial charge in [0, 0.05) is 5.92 Å². The van der Waals surface area contributed by atoms with Crippen LogP contribution >= 0.6 is 0 Å². The number of rotatable bonds is 4. The van der Waals surface area contributed by atoms with E-state index in [4.69, 9.17) is 10.5 Å². The molecule has 5 nitrogen and oxygen atoms in total. The third-order valence-corrected chi connectivity index (χ3v) is 3.36. The summed E-state index contributed by atoms with van der Waals surface area (Å²) in [5.41, 5.74) is 4.93. The lowest BCUT2D eigenvalue weighted by Gasteiger charge is -2.20. The highest BCUT2D eigenvalue weighted by Crippen LogP contribution is 2.33. The van der Waals surface area contributed by atoms with Crippen molar-refractivity contribution in [3.05, 3.63) is 33.9 Å². The molecule has 2 rings (SSSR count). The molecule has 1 fully saturated rings. The van der Waals surface area contributed by atoms with Gasteiger partial charge in [-0.25, -0.2) is 8.78 Å². The van der Waals surface area contributed by atoms with Gasteiger partial charge in [-0.15, -0.1) is 0 Å². The smallest absolute Gasteiger partial charge is 0.275 e. The molecule has 104 valence electrons. The topological polar surface area (TPSA) is 78.4 Å². The molecule has 1 aromatic carbocycles. The van der Waals surface area contributed by atoms with E-state index in [9.17, 15) is 18.9 Å². The van der Waals surface area contributed by atoms with Crippen molar-refractivity contribution in [2.45, 2.75) is 25.4 Å². The Bertz CT molecular complexity index is 473. The van der Waals surface area contributed by atoms with E-state index in [1.165, 1.54) is 0 Å². The van der Waals surface area contributed by atoms with Crippen molar-refractivity contribution in [3.8, 4) is 5.75 Å². The first-order valence-corrected chi connectivity index (χ1v) is 6.03. The molecule has 1 aliphatic carbocycles. The van der Waals surface area contributed by atoms with Gasteiger partial charge in [-0.1, -0.05) is 0 Å². The summed E-state index contributed by atoms with van der Waals surface area (Å²) in [5.74, 6) is -2.62. The van der Waals surface area contributed by atoms with Gasteiger partial charge in [0.25, 0.3) is 5.69 Å². The number of ether oxygens (including phenoxy) is 1. The summed E-state index contributed by atoms with van der Waals surface area (Å²) in [7, 11) is 0. The summed E-state index contributed by atoms with van der Waals surface area (Å²) in [5, 5.41) is 10.5. The fourth-order valence-corrected chi connectivity index (χ4v) is 2.34. The summed E-state index contributed by atoms with van der Waals surface area (Å²) in [4.78, 5) is 9.62. The summed E-state index contributed by atoms with van der Waals surface area (Å²) >= 11 is 0. The van der Waals surface area contributed by atoms with Gasteiger partial charge in [0.05, 0.1) is 17.1 Å². The maximum atomic E-state index is 13.7. The van der Waals surface area contributed by atoms with Crippen molar-refractivity contribution >= 4 is 5.69 Å². The first-order chi connectivity index (χ1) is 9.02. The molecule has 0 aliphatic heterocycles. The minimum absolute atomic E-state index is 0.0639. The van der Waals surface area contributed by atoms with E-state index < -0.39 is 28.0 Å². The van der Waals surface area contributed by atoms with Crippen molar-refractivity contribution in [1.29, 1.82) is 0 Å². The number of halogens is 2. The maximum absolute atomic E-state index is 13.7. The standard InChI is InChI=1S/C12H14F2N2O3/c13-9-4-8(16(17)18)5-10(14)12(9)19-11-3-1-2-7(11)6-15/h4-5,7,11H,1-3,6,15H2. The van der Waals surface area contributed by atoms with Gasteiger partial charge in [0.1, 0.15) is 6.10 Å². The number of benzene rings is 1. The monoisotopic (exact) mass is 272 g/mol. The van der Waals surface area contributed by atoms with Crippen molar-refractivity contribution in [1.82, 2.24) is 0 Å². The van der Waals surface area contributed by atoms with Crippen LogP contribution < -0.4 is 10.5 Å². The second-order valence-corrected chi connectivity index (χ2v) is 4.58. The van der Waals surface area contributed by atoms with Crippen molar-refractivity contribution in [2.75, 3.05) is 6.54 Å². The van der Waals surface area contributed by atoms with Crippen LogP contribution in [-0.4, -0.2) is 17.6 Å². The van der Waals surface area contributed by atoms with E-state index in [2.05, 4.69) is 0 Å². The first-order valence-electron chi connectivity index (χ1n) is 6.03. The maximum Gasteiger partial charge on any atom is 0.275 e. The van der Waals surface area contributed by atoms with E-state index in [-0.39, 0.29) is 12.0 Å². The number of non-ortho nitro benzene ring substituents is 1. The van der Waals surface area contributed by atoms with Gasteiger partial charge < -0.3 is 10.5 Å².